The molecular formula is C21H25N5O2. The molecule has 0 atom stereocenters. The van der Waals surface area contributed by atoms with Crippen LogP contribution in [-0.4, -0.2) is 60.3 Å². The second-order valence-corrected chi connectivity index (χ2v) is 6.85. The van der Waals surface area contributed by atoms with Gasteiger partial charge in [-0.2, -0.15) is 0 Å². The first-order chi connectivity index (χ1) is 13.5. The van der Waals surface area contributed by atoms with Crippen molar-refractivity contribution in [2.75, 3.05) is 39.1 Å². The van der Waals surface area contributed by atoms with Gasteiger partial charge in [-0.25, -0.2) is 4.98 Å². The van der Waals surface area contributed by atoms with Crippen LogP contribution in [0.5, 0.6) is 0 Å². The van der Waals surface area contributed by atoms with Crippen LogP contribution in [0.4, 0.5) is 5.69 Å². The number of anilines is 1. The van der Waals surface area contributed by atoms with E-state index < -0.39 is 0 Å². The normalized spacial score (nSPS) is 11.0. The molecular weight excluding hydrogens is 354 g/mol. The molecule has 28 heavy (non-hydrogen) atoms. The molecule has 146 valence electrons. The number of benzene rings is 1. The number of fused-ring (bicyclic) bond motifs is 1. The van der Waals surface area contributed by atoms with Gasteiger partial charge in [-0.15, -0.1) is 0 Å². The van der Waals surface area contributed by atoms with Gasteiger partial charge in [0.15, 0.2) is 5.69 Å². The predicted octanol–water partition coefficient (Wildman–Crippen LogP) is 2.29. The zero-order chi connectivity index (χ0) is 20.1. The maximum Gasteiger partial charge on any atom is 0.294 e. The zero-order valence-corrected chi connectivity index (χ0v) is 16.4. The molecule has 0 saturated heterocycles. The number of nitrogens with one attached hydrogen (secondary N) is 1. The molecule has 7 heteroatoms. The van der Waals surface area contributed by atoms with E-state index in [1.54, 1.807) is 23.7 Å². The number of rotatable bonds is 7. The van der Waals surface area contributed by atoms with Gasteiger partial charge in [-0.1, -0.05) is 24.3 Å². The lowest BCUT2D eigenvalue weighted by atomic mass is 10.3. The summed E-state index contributed by atoms with van der Waals surface area (Å²) in [5, 5.41) is 2.89. The highest BCUT2D eigenvalue weighted by Gasteiger charge is 2.24. The molecule has 0 fully saturated rings. The minimum atomic E-state index is -0.279. The van der Waals surface area contributed by atoms with E-state index in [1.807, 2.05) is 56.6 Å². The summed E-state index contributed by atoms with van der Waals surface area (Å²) < 4.78 is 1.66. The second-order valence-electron chi connectivity index (χ2n) is 6.85. The highest BCUT2D eigenvalue weighted by Crippen LogP contribution is 2.18. The Bertz CT molecular complexity index is 965. The third-order valence-corrected chi connectivity index (χ3v) is 4.47. The topological polar surface area (TPSA) is 70.0 Å². The molecule has 1 aromatic carbocycles. The van der Waals surface area contributed by atoms with Crippen LogP contribution >= 0.6 is 0 Å². The van der Waals surface area contributed by atoms with Crippen LogP contribution < -0.4 is 10.2 Å². The molecule has 3 rings (SSSR count). The average molecular weight is 379 g/mol. The number of amides is 2. The SMILES string of the molecule is CN(C)CCCNC(=O)c1nc(C(=O)N(C)c2ccccc2)n2ccccc12. The molecule has 0 aliphatic rings. The molecule has 0 spiro atoms. The molecule has 2 heterocycles. The summed E-state index contributed by atoms with van der Waals surface area (Å²) in [7, 11) is 5.68. The van der Waals surface area contributed by atoms with E-state index in [0.29, 0.717) is 12.1 Å². The summed E-state index contributed by atoms with van der Waals surface area (Å²) in [5.74, 6) is -0.344. The van der Waals surface area contributed by atoms with E-state index in [4.69, 9.17) is 0 Å². The van der Waals surface area contributed by atoms with Crippen LogP contribution in [0, 0.1) is 0 Å². The molecule has 2 aromatic heterocycles. The van der Waals surface area contributed by atoms with Gasteiger partial charge in [0.05, 0.1) is 5.52 Å². The monoisotopic (exact) mass is 379 g/mol. The van der Waals surface area contributed by atoms with Crippen LogP contribution in [0.2, 0.25) is 0 Å². The number of aromatic nitrogens is 2. The summed E-state index contributed by atoms with van der Waals surface area (Å²) in [6, 6.07) is 14.8. The van der Waals surface area contributed by atoms with Crippen molar-refractivity contribution in [2.45, 2.75) is 6.42 Å². The maximum atomic E-state index is 13.0. The number of imidazole rings is 1. The maximum absolute atomic E-state index is 13.0. The predicted molar refractivity (Wildman–Crippen MR) is 110 cm³/mol. The lowest BCUT2D eigenvalue weighted by Gasteiger charge is -2.16. The Labute approximate surface area is 164 Å². The van der Waals surface area contributed by atoms with E-state index in [2.05, 4.69) is 15.2 Å². The van der Waals surface area contributed by atoms with Crippen LogP contribution in [0.15, 0.2) is 54.7 Å². The highest BCUT2D eigenvalue weighted by atomic mass is 16.2. The van der Waals surface area contributed by atoms with Crippen molar-refractivity contribution < 1.29 is 9.59 Å². The van der Waals surface area contributed by atoms with Crippen molar-refractivity contribution in [3.8, 4) is 0 Å². The van der Waals surface area contributed by atoms with Crippen molar-refractivity contribution in [1.29, 1.82) is 0 Å². The van der Waals surface area contributed by atoms with Gasteiger partial charge in [0, 0.05) is 25.5 Å². The van der Waals surface area contributed by atoms with Gasteiger partial charge in [-0.05, 0) is 51.3 Å². The average Bonchev–Trinajstić information content (AvgIpc) is 3.10. The van der Waals surface area contributed by atoms with Gasteiger partial charge in [0.1, 0.15) is 0 Å². The molecule has 0 unspecified atom stereocenters. The Balaban J connectivity index is 1.86. The molecule has 3 aromatic rings. The number of para-hydroxylation sites is 1. The lowest BCUT2D eigenvalue weighted by molar-refractivity contribution is 0.0949. The minimum Gasteiger partial charge on any atom is -0.351 e. The Morgan fingerprint density at radius 1 is 1.04 bits per heavy atom. The van der Waals surface area contributed by atoms with E-state index in [0.717, 1.165) is 18.7 Å². The standard InChI is InChI=1S/C21H25N5O2/c1-24(2)14-9-13-22-20(27)18-17-12-7-8-15-26(17)19(23-18)21(28)25(3)16-10-5-4-6-11-16/h4-8,10-12,15H,9,13-14H2,1-3H3,(H,22,27). The Hall–Kier alpha value is -3.19. The fraction of sp³-hybridized carbons (Fsp3) is 0.286. The number of nitrogens with zero attached hydrogens (tertiary/aromatic N) is 4. The highest BCUT2D eigenvalue weighted by molar-refractivity contribution is 6.07. The van der Waals surface area contributed by atoms with Crippen LogP contribution in [0.1, 0.15) is 27.5 Å². The molecule has 0 saturated carbocycles. The van der Waals surface area contributed by atoms with E-state index >= 15 is 0 Å². The van der Waals surface area contributed by atoms with E-state index in [9.17, 15) is 9.59 Å². The van der Waals surface area contributed by atoms with Crippen LogP contribution in [0.25, 0.3) is 5.52 Å². The van der Waals surface area contributed by atoms with Crippen LogP contribution in [-0.2, 0) is 0 Å². The Kier molecular flexibility index (Phi) is 6.06. The first kappa shape index (κ1) is 19.6. The quantitative estimate of drug-likeness (QED) is 0.640. The molecule has 0 aliphatic heterocycles. The third kappa shape index (κ3) is 4.20. The minimum absolute atomic E-state index is 0.209. The molecule has 0 bridgehead atoms. The van der Waals surface area contributed by atoms with Crippen molar-refractivity contribution in [3.05, 3.63) is 66.2 Å². The smallest absolute Gasteiger partial charge is 0.294 e. The zero-order valence-electron chi connectivity index (χ0n) is 16.4. The molecule has 0 radical (unpaired) electrons. The van der Waals surface area contributed by atoms with Gasteiger partial charge in [0.25, 0.3) is 11.8 Å². The largest absolute Gasteiger partial charge is 0.351 e. The van der Waals surface area contributed by atoms with Gasteiger partial charge >= 0.3 is 0 Å². The van der Waals surface area contributed by atoms with Gasteiger partial charge in [0.2, 0.25) is 5.82 Å². The summed E-state index contributed by atoms with van der Waals surface area (Å²) in [5.41, 5.74) is 1.63. The fourth-order valence-electron chi connectivity index (χ4n) is 2.96. The Morgan fingerprint density at radius 3 is 2.46 bits per heavy atom. The second kappa shape index (κ2) is 8.67. The van der Waals surface area contributed by atoms with Gasteiger partial charge < -0.3 is 15.1 Å². The van der Waals surface area contributed by atoms with Crippen molar-refractivity contribution >= 4 is 23.0 Å². The van der Waals surface area contributed by atoms with Gasteiger partial charge in [-0.3, -0.25) is 14.0 Å². The lowest BCUT2D eigenvalue weighted by Crippen LogP contribution is -2.29. The summed E-state index contributed by atoms with van der Waals surface area (Å²) in [6.07, 6.45) is 2.59. The fourth-order valence-corrected chi connectivity index (χ4v) is 2.96. The third-order valence-electron chi connectivity index (χ3n) is 4.47. The molecule has 2 amide bonds. The number of hydrogen-bond donors (Lipinski definition) is 1. The first-order valence-corrected chi connectivity index (χ1v) is 9.22. The first-order valence-electron chi connectivity index (χ1n) is 9.22. The number of carbonyl (C=O) groups is 2. The van der Waals surface area contributed by atoms with E-state index in [1.165, 1.54) is 4.90 Å². The van der Waals surface area contributed by atoms with Crippen LogP contribution in [0.3, 0.4) is 0 Å². The van der Waals surface area contributed by atoms with E-state index in [-0.39, 0.29) is 23.3 Å². The molecule has 0 aliphatic carbocycles. The molecule has 1 N–H and O–H groups in total. The Morgan fingerprint density at radius 2 is 1.75 bits per heavy atom. The summed E-state index contributed by atoms with van der Waals surface area (Å²) >= 11 is 0. The molecule has 7 nitrogen and oxygen atoms in total. The van der Waals surface area contributed by atoms with Crippen molar-refractivity contribution in [1.82, 2.24) is 19.6 Å². The number of carbonyl (C=O) groups excluding carboxylic acids is 2. The number of pyridine rings is 1. The summed E-state index contributed by atoms with van der Waals surface area (Å²) in [4.78, 5) is 33.7. The van der Waals surface area contributed by atoms with Crippen molar-refractivity contribution in [3.63, 3.8) is 0 Å². The number of hydrogen-bond acceptors (Lipinski definition) is 4. The van der Waals surface area contributed by atoms with Crippen molar-refractivity contribution in [2.24, 2.45) is 0 Å². The summed E-state index contributed by atoms with van der Waals surface area (Å²) in [6.45, 7) is 1.44.